The summed E-state index contributed by atoms with van der Waals surface area (Å²) < 4.78 is 2.15. The number of hydrogen-bond acceptors (Lipinski definition) is 3. The fourth-order valence-corrected chi connectivity index (χ4v) is 2.28. The first-order valence-corrected chi connectivity index (χ1v) is 7.42. The van der Waals surface area contributed by atoms with Crippen molar-refractivity contribution in [2.75, 3.05) is 18.5 Å². The average molecular weight is 303 g/mol. The monoisotopic (exact) mass is 303 g/mol. The van der Waals surface area contributed by atoms with Gasteiger partial charge in [0.25, 0.3) is 0 Å². The fraction of sp³-hybridized carbons (Fsp3) is 0.211. The molecule has 4 heteroatoms. The summed E-state index contributed by atoms with van der Waals surface area (Å²) in [4.78, 5) is 2.19. The van der Waals surface area contributed by atoms with E-state index in [0.29, 0.717) is 0 Å². The van der Waals surface area contributed by atoms with Gasteiger partial charge in [0.1, 0.15) is 17.7 Å². The minimum absolute atomic E-state index is 0.120. The van der Waals surface area contributed by atoms with E-state index in [0.717, 1.165) is 29.9 Å². The topological polar surface area (TPSA) is 54.7 Å². The minimum atomic E-state index is 0.120. The number of benzene rings is 1. The highest BCUT2D eigenvalue weighted by Crippen LogP contribution is 2.20. The summed E-state index contributed by atoms with van der Waals surface area (Å²) in [5, 5.41) is 17.7. The molecule has 2 aromatic rings. The Morgan fingerprint density at radius 2 is 1.87 bits per heavy atom. The molecular formula is C19H19N4+. The predicted molar refractivity (Wildman–Crippen MR) is 90.3 cm³/mol. The molecule has 114 valence electrons. The number of anilines is 1. The molecule has 1 aromatic carbocycles. The molecule has 0 bridgehead atoms. The van der Waals surface area contributed by atoms with Crippen molar-refractivity contribution in [2.24, 2.45) is 0 Å². The Labute approximate surface area is 137 Å². The van der Waals surface area contributed by atoms with Crippen molar-refractivity contribution in [3.8, 4) is 12.1 Å². The first-order valence-electron chi connectivity index (χ1n) is 7.42. The van der Waals surface area contributed by atoms with Gasteiger partial charge in [-0.05, 0) is 36.3 Å². The number of pyridine rings is 1. The van der Waals surface area contributed by atoms with Crippen LogP contribution in [0.15, 0.2) is 54.4 Å². The number of rotatable bonds is 5. The maximum absolute atomic E-state index is 8.85. The van der Waals surface area contributed by atoms with E-state index >= 15 is 0 Å². The van der Waals surface area contributed by atoms with Gasteiger partial charge in [0, 0.05) is 24.9 Å². The van der Waals surface area contributed by atoms with Crippen molar-refractivity contribution in [1.29, 1.82) is 10.5 Å². The number of allylic oxidation sites excluding steroid dienone is 1. The molecule has 0 spiro atoms. The molecule has 0 atom stereocenters. The maximum Gasteiger partial charge on any atom is 0.168 e. The smallest absolute Gasteiger partial charge is 0.168 e. The molecule has 0 amide bonds. The van der Waals surface area contributed by atoms with E-state index in [4.69, 9.17) is 10.5 Å². The minimum Gasteiger partial charge on any atom is -0.368 e. The maximum atomic E-state index is 8.85. The number of hydrogen-bond donors (Lipinski definition) is 0. The van der Waals surface area contributed by atoms with Crippen LogP contribution in [0.2, 0.25) is 0 Å². The van der Waals surface area contributed by atoms with Gasteiger partial charge in [0.15, 0.2) is 18.9 Å². The second-order valence-electron chi connectivity index (χ2n) is 5.36. The SMILES string of the molecule is Cc1cc(N(C)CC[n+]2ccccc2)ccc1C=C(C#N)C#N. The van der Waals surface area contributed by atoms with E-state index in [1.807, 2.05) is 49.4 Å². The van der Waals surface area contributed by atoms with Gasteiger partial charge in [-0.25, -0.2) is 4.57 Å². The summed E-state index contributed by atoms with van der Waals surface area (Å²) in [6, 6.07) is 15.9. The van der Waals surface area contributed by atoms with Crippen LogP contribution in [0.25, 0.3) is 6.08 Å². The van der Waals surface area contributed by atoms with Gasteiger partial charge in [0.2, 0.25) is 0 Å². The van der Waals surface area contributed by atoms with E-state index in [1.165, 1.54) is 0 Å². The van der Waals surface area contributed by atoms with Gasteiger partial charge in [-0.3, -0.25) is 0 Å². The van der Waals surface area contributed by atoms with E-state index in [1.54, 1.807) is 6.08 Å². The zero-order chi connectivity index (χ0) is 16.7. The van der Waals surface area contributed by atoms with Crippen molar-refractivity contribution < 1.29 is 4.57 Å². The molecule has 0 aliphatic heterocycles. The number of nitrogens with zero attached hydrogens (tertiary/aromatic N) is 4. The van der Waals surface area contributed by atoms with Crippen LogP contribution in [0.5, 0.6) is 0 Å². The van der Waals surface area contributed by atoms with E-state index in [2.05, 4.69) is 35.0 Å². The molecular weight excluding hydrogens is 284 g/mol. The Balaban J connectivity index is 2.09. The standard InChI is InChI=1S/C19H19N4/c1-16-12-19(7-6-18(16)13-17(14-20)15-21)22(2)10-11-23-8-4-3-5-9-23/h3-9,12-13H,10-11H2,1-2H3/q+1. The molecule has 23 heavy (non-hydrogen) atoms. The highest BCUT2D eigenvalue weighted by molar-refractivity contribution is 5.66. The molecule has 4 nitrogen and oxygen atoms in total. The summed E-state index contributed by atoms with van der Waals surface area (Å²) in [7, 11) is 2.06. The average Bonchev–Trinajstić information content (AvgIpc) is 2.59. The third-order valence-corrected chi connectivity index (χ3v) is 3.71. The number of nitriles is 2. The molecule has 1 heterocycles. The van der Waals surface area contributed by atoms with Crippen LogP contribution in [-0.2, 0) is 6.54 Å². The van der Waals surface area contributed by atoms with E-state index in [-0.39, 0.29) is 5.57 Å². The lowest BCUT2D eigenvalue weighted by atomic mass is 10.1. The molecule has 0 fully saturated rings. The van der Waals surface area contributed by atoms with Crippen LogP contribution in [0.1, 0.15) is 11.1 Å². The Morgan fingerprint density at radius 1 is 1.17 bits per heavy atom. The molecule has 1 aromatic heterocycles. The molecule has 2 rings (SSSR count). The fourth-order valence-electron chi connectivity index (χ4n) is 2.28. The van der Waals surface area contributed by atoms with Crippen LogP contribution in [-0.4, -0.2) is 13.6 Å². The van der Waals surface area contributed by atoms with Gasteiger partial charge in [0.05, 0.1) is 6.54 Å². The van der Waals surface area contributed by atoms with Gasteiger partial charge in [-0.2, -0.15) is 10.5 Å². The molecule has 0 saturated carbocycles. The highest BCUT2D eigenvalue weighted by atomic mass is 15.1. The summed E-state index contributed by atoms with van der Waals surface area (Å²) in [6.07, 6.45) is 5.73. The van der Waals surface area contributed by atoms with E-state index in [9.17, 15) is 0 Å². The normalized spacial score (nSPS) is 9.57. The lowest BCUT2D eigenvalue weighted by Gasteiger charge is -2.18. The second-order valence-corrected chi connectivity index (χ2v) is 5.36. The van der Waals surface area contributed by atoms with Crippen LogP contribution >= 0.6 is 0 Å². The summed E-state index contributed by atoms with van der Waals surface area (Å²) >= 11 is 0. The van der Waals surface area contributed by atoms with Crippen molar-refractivity contribution in [1.82, 2.24) is 0 Å². The highest BCUT2D eigenvalue weighted by Gasteiger charge is 2.06. The molecule has 0 unspecified atom stereocenters. The predicted octanol–water partition coefficient (Wildman–Crippen LogP) is 2.85. The van der Waals surface area contributed by atoms with Gasteiger partial charge < -0.3 is 4.90 Å². The molecule has 0 saturated heterocycles. The van der Waals surface area contributed by atoms with Crippen molar-refractivity contribution in [3.05, 3.63) is 65.5 Å². The molecule has 0 radical (unpaired) electrons. The Bertz CT molecular complexity index is 763. The van der Waals surface area contributed by atoms with Crippen molar-refractivity contribution >= 4 is 11.8 Å². The summed E-state index contributed by atoms with van der Waals surface area (Å²) in [6.45, 7) is 3.79. The van der Waals surface area contributed by atoms with Crippen LogP contribution in [0.3, 0.4) is 0 Å². The summed E-state index contributed by atoms with van der Waals surface area (Å²) in [5.41, 5.74) is 3.18. The first-order chi connectivity index (χ1) is 11.1. The largest absolute Gasteiger partial charge is 0.368 e. The first kappa shape index (κ1) is 16.3. The van der Waals surface area contributed by atoms with Gasteiger partial charge >= 0.3 is 0 Å². The Morgan fingerprint density at radius 3 is 2.48 bits per heavy atom. The quantitative estimate of drug-likeness (QED) is 0.630. The lowest BCUT2D eigenvalue weighted by Crippen LogP contribution is -2.38. The van der Waals surface area contributed by atoms with Crippen molar-refractivity contribution in [3.63, 3.8) is 0 Å². The summed E-state index contributed by atoms with van der Waals surface area (Å²) in [5.74, 6) is 0. The second kappa shape index (κ2) is 7.77. The molecule has 0 N–H and O–H groups in total. The van der Waals surface area contributed by atoms with Gasteiger partial charge in [-0.1, -0.05) is 12.1 Å². The number of aromatic nitrogens is 1. The lowest BCUT2D eigenvalue weighted by molar-refractivity contribution is -0.694. The van der Waals surface area contributed by atoms with Crippen LogP contribution in [0.4, 0.5) is 5.69 Å². The zero-order valence-corrected chi connectivity index (χ0v) is 13.4. The van der Waals surface area contributed by atoms with Crippen molar-refractivity contribution in [2.45, 2.75) is 13.5 Å². The van der Waals surface area contributed by atoms with Gasteiger partial charge in [-0.15, -0.1) is 0 Å². The Hall–Kier alpha value is -3.11. The number of aryl methyl sites for hydroxylation is 1. The van der Waals surface area contributed by atoms with E-state index < -0.39 is 0 Å². The molecule has 0 aliphatic rings. The third kappa shape index (κ3) is 4.43. The Kier molecular flexibility index (Phi) is 5.50. The number of likely N-dealkylation sites (N-methyl/N-ethyl adjacent to an activating group) is 1. The van der Waals surface area contributed by atoms with Crippen LogP contribution in [0, 0.1) is 29.6 Å². The molecule has 0 aliphatic carbocycles. The third-order valence-electron chi connectivity index (χ3n) is 3.71. The zero-order valence-electron chi connectivity index (χ0n) is 13.4. The van der Waals surface area contributed by atoms with Crippen LogP contribution < -0.4 is 9.47 Å².